The summed E-state index contributed by atoms with van der Waals surface area (Å²) in [4.78, 5) is 19.5. The molecule has 1 rings (SSSR count). The Morgan fingerprint density at radius 2 is 2.21 bits per heavy atom. The molecule has 1 heterocycles. The Morgan fingerprint density at radius 3 is 2.86 bits per heavy atom. The zero-order valence-electron chi connectivity index (χ0n) is 18.6. The van der Waals surface area contributed by atoms with Crippen molar-refractivity contribution in [2.75, 3.05) is 26.4 Å². The topological polar surface area (TPSA) is 80.5 Å². The molecule has 0 aliphatic carbocycles. The van der Waals surface area contributed by atoms with Crippen molar-refractivity contribution in [1.82, 2.24) is 15.5 Å². The van der Waals surface area contributed by atoms with Gasteiger partial charge in [0.15, 0.2) is 5.17 Å². The van der Waals surface area contributed by atoms with Gasteiger partial charge in [-0.3, -0.25) is 5.32 Å². The van der Waals surface area contributed by atoms with Crippen LogP contribution < -0.4 is 10.6 Å². The summed E-state index contributed by atoms with van der Waals surface area (Å²) in [5, 5.41) is 15.2. The van der Waals surface area contributed by atoms with Crippen molar-refractivity contribution in [3.63, 3.8) is 0 Å². The highest BCUT2D eigenvalue weighted by molar-refractivity contribution is 8.13. The normalized spacial score (nSPS) is 18.0. The summed E-state index contributed by atoms with van der Waals surface area (Å²) in [6.45, 7) is 9.98. The van der Waals surface area contributed by atoms with Crippen LogP contribution in [0, 0.1) is 17.2 Å². The Hall–Kier alpha value is -2.04. The monoisotopic (exact) mass is 417 g/mol. The Bertz CT molecular complexity index is 715. The van der Waals surface area contributed by atoms with E-state index in [4.69, 9.17) is 5.26 Å². The molecule has 0 fully saturated rings. The summed E-state index contributed by atoms with van der Waals surface area (Å²) in [6.07, 6.45) is 12.3. The molecule has 1 aliphatic heterocycles. The fourth-order valence-electron chi connectivity index (χ4n) is 2.67. The number of amides is 2. The van der Waals surface area contributed by atoms with Gasteiger partial charge >= 0.3 is 6.03 Å². The van der Waals surface area contributed by atoms with Gasteiger partial charge < -0.3 is 10.2 Å². The van der Waals surface area contributed by atoms with Crippen LogP contribution in [0.5, 0.6) is 0 Å². The van der Waals surface area contributed by atoms with E-state index in [-0.39, 0.29) is 11.9 Å². The standard InChI is InChI=1S/C22H35N5OS/c1-17(12-14-23)9-7-10-18(2)22(3,4)26-20(28)25-21(29-6)24-19-11-8-15-27(5)16-13-19/h7,9-11,18H,8,12-13,15-16H2,1-6H3,(H2,24,25,26,28)/b10-7-,17-9+. The van der Waals surface area contributed by atoms with Crippen LogP contribution in [-0.4, -0.2) is 48.0 Å². The maximum atomic E-state index is 12.5. The molecule has 0 aromatic heterocycles. The van der Waals surface area contributed by atoms with Crippen molar-refractivity contribution in [2.45, 2.75) is 52.5 Å². The van der Waals surface area contributed by atoms with Crippen LogP contribution in [0.2, 0.25) is 0 Å². The van der Waals surface area contributed by atoms with E-state index in [0.29, 0.717) is 11.6 Å². The molecule has 1 unspecified atom stereocenters. The van der Waals surface area contributed by atoms with Crippen LogP contribution in [0.3, 0.4) is 0 Å². The third-order valence-corrected chi connectivity index (χ3v) is 5.59. The maximum absolute atomic E-state index is 12.5. The van der Waals surface area contributed by atoms with E-state index in [1.165, 1.54) is 11.8 Å². The Labute approximate surface area is 180 Å². The molecule has 0 saturated carbocycles. The molecule has 0 spiro atoms. The second kappa shape index (κ2) is 12.5. The molecule has 160 valence electrons. The lowest BCUT2D eigenvalue weighted by atomic mass is 9.88. The molecule has 2 amide bonds. The highest BCUT2D eigenvalue weighted by Gasteiger charge is 2.26. The summed E-state index contributed by atoms with van der Waals surface area (Å²) in [6, 6.07) is 1.87. The van der Waals surface area contributed by atoms with Gasteiger partial charge in [0.2, 0.25) is 0 Å². The van der Waals surface area contributed by atoms with Crippen LogP contribution in [0.1, 0.15) is 47.0 Å². The first kappa shape index (κ1) is 25.0. The van der Waals surface area contributed by atoms with Gasteiger partial charge in [-0.25, -0.2) is 9.79 Å². The number of carbonyl (C=O) groups is 1. The SMILES string of the molecule is CSC(=NC1=CCCN(C)CC1)NC(=O)NC(C)(C)C(C)/C=C\C=C(/C)CC#N. The van der Waals surface area contributed by atoms with E-state index in [1.807, 2.05) is 45.3 Å². The second-order valence-electron chi connectivity index (χ2n) is 7.98. The van der Waals surface area contributed by atoms with E-state index in [0.717, 1.165) is 37.2 Å². The number of carbonyl (C=O) groups excluding carboxylic acids is 1. The Kier molecular flexibility index (Phi) is 10.8. The number of hydrogen-bond acceptors (Lipinski definition) is 5. The molecule has 7 heteroatoms. The lowest BCUT2D eigenvalue weighted by Gasteiger charge is -2.31. The lowest BCUT2D eigenvalue weighted by molar-refractivity contribution is 0.227. The molecular weight excluding hydrogens is 382 g/mol. The number of aliphatic imine (C=N–C) groups is 1. The maximum Gasteiger partial charge on any atom is 0.321 e. The molecule has 0 aromatic carbocycles. The van der Waals surface area contributed by atoms with E-state index >= 15 is 0 Å². The number of nitrogens with one attached hydrogen (secondary N) is 2. The number of nitriles is 1. The van der Waals surface area contributed by atoms with Crippen LogP contribution in [0.4, 0.5) is 4.79 Å². The quantitative estimate of drug-likeness (QED) is 0.380. The zero-order valence-corrected chi connectivity index (χ0v) is 19.4. The zero-order chi connectivity index (χ0) is 21.9. The smallest absolute Gasteiger partial charge is 0.321 e. The first-order chi connectivity index (χ1) is 13.7. The van der Waals surface area contributed by atoms with E-state index in [2.05, 4.69) is 46.6 Å². The average Bonchev–Trinajstić information content (AvgIpc) is 2.85. The van der Waals surface area contributed by atoms with Gasteiger partial charge in [-0.05, 0) is 46.4 Å². The van der Waals surface area contributed by atoms with Gasteiger partial charge in [0.1, 0.15) is 0 Å². The number of amidine groups is 1. The predicted molar refractivity (Wildman–Crippen MR) is 124 cm³/mol. The highest BCUT2D eigenvalue weighted by atomic mass is 32.2. The molecule has 0 radical (unpaired) electrons. The van der Waals surface area contributed by atoms with Crippen molar-refractivity contribution >= 4 is 23.0 Å². The highest BCUT2D eigenvalue weighted by Crippen LogP contribution is 2.18. The second-order valence-corrected chi connectivity index (χ2v) is 8.78. The number of allylic oxidation sites excluding steroid dienone is 3. The first-order valence-electron chi connectivity index (χ1n) is 9.98. The molecule has 29 heavy (non-hydrogen) atoms. The van der Waals surface area contributed by atoms with Gasteiger partial charge in [0.25, 0.3) is 0 Å². The Morgan fingerprint density at radius 1 is 1.48 bits per heavy atom. The predicted octanol–water partition coefficient (Wildman–Crippen LogP) is 4.44. The molecular formula is C22H35N5OS. The summed E-state index contributed by atoms with van der Waals surface area (Å²) >= 11 is 1.43. The molecule has 0 bridgehead atoms. The minimum Gasteiger partial charge on any atom is -0.332 e. The summed E-state index contributed by atoms with van der Waals surface area (Å²) < 4.78 is 0. The summed E-state index contributed by atoms with van der Waals surface area (Å²) in [5.41, 5.74) is 1.60. The summed E-state index contributed by atoms with van der Waals surface area (Å²) in [5.74, 6) is 0.106. The summed E-state index contributed by atoms with van der Waals surface area (Å²) in [7, 11) is 2.11. The number of urea groups is 1. The van der Waals surface area contributed by atoms with Gasteiger partial charge in [-0.2, -0.15) is 5.26 Å². The van der Waals surface area contributed by atoms with Gasteiger partial charge in [0.05, 0.1) is 12.5 Å². The van der Waals surface area contributed by atoms with Crippen molar-refractivity contribution in [1.29, 1.82) is 5.26 Å². The Balaban J connectivity index is 2.68. The minimum absolute atomic E-state index is 0.106. The first-order valence-corrected chi connectivity index (χ1v) is 11.2. The lowest BCUT2D eigenvalue weighted by Crippen LogP contribution is -2.52. The third-order valence-electron chi connectivity index (χ3n) is 5.01. The van der Waals surface area contributed by atoms with Crippen LogP contribution in [0.15, 0.2) is 40.6 Å². The van der Waals surface area contributed by atoms with Gasteiger partial charge in [-0.15, -0.1) is 0 Å². The van der Waals surface area contributed by atoms with E-state index < -0.39 is 5.54 Å². The molecule has 0 saturated heterocycles. The number of nitrogens with zero attached hydrogens (tertiary/aromatic N) is 3. The van der Waals surface area contributed by atoms with Crippen molar-refractivity contribution < 1.29 is 4.79 Å². The largest absolute Gasteiger partial charge is 0.332 e. The number of hydrogen-bond donors (Lipinski definition) is 2. The fourth-order valence-corrected chi connectivity index (χ4v) is 3.08. The van der Waals surface area contributed by atoms with Crippen LogP contribution in [0.25, 0.3) is 0 Å². The van der Waals surface area contributed by atoms with Crippen molar-refractivity contribution in [3.05, 3.63) is 35.6 Å². The van der Waals surface area contributed by atoms with Crippen LogP contribution >= 0.6 is 11.8 Å². The minimum atomic E-state index is -0.439. The van der Waals surface area contributed by atoms with Gasteiger partial charge in [-0.1, -0.05) is 48.6 Å². The van der Waals surface area contributed by atoms with Crippen molar-refractivity contribution in [3.8, 4) is 6.07 Å². The average molecular weight is 418 g/mol. The molecule has 2 N–H and O–H groups in total. The molecule has 1 aliphatic rings. The van der Waals surface area contributed by atoms with E-state index in [1.54, 1.807) is 0 Å². The van der Waals surface area contributed by atoms with E-state index in [9.17, 15) is 4.79 Å². The van der Waals surface area contributed by atoms with Crippen LogP contribution in [-0.2, 0) is 0 Å². The number of thioether (sulfide) groups is 1. The molecule has 1 atom stereocenters. The molecule has 6 nitrogen and oxygen atoms in total. The van der Waals surface area contributed by atoms with Crippen molar-refractivity contribution in [2.24, 2.45) is 10.9 Å². The molecule has 0 aromatic rings. The third kappa shape index (κ3) is 9.82. The number of rotatable bonds is 6. The fraction of sp³-hybridized carbons (Fsp3) is 0.591. The van der Waals surface area contributed by atoms with Gasteiger partial charge in [0, 0.05) is 30.7 Å².